The Morgan fingerprint density at radius 1 is 1.38 bits per heavy atom. The van der Waals surface area contributed by atoms with Gasteiger partial charge < -0.3 is 11.1 Å². The van der Waals surface area contributed by atoms with Crippen molar-refractivity contribution in [3.05, 3.63) is 33.4 Å². The summed E-state index contributed by atoms with van der Waals surface area (Å²) in [4.78, 5) is 12.1. The van der Waals surface area contributed by atoms with Crippen molar-refractivity contribution in [1.82, 2.24) is 5.32 Å². The average molecular weight is 348 g/mol. The highest BCUT2D eigenvalue weighted by Crippen LogP contribution is 2.09. The third-order valence-electron chi connectivity index (χ3n) is 2.15. The van der Waals surface area contributed by atoms with E-state index in [0.29, 0.717) is 5.56 Å². The Morgan fingerprint density at radius 2 is 1.88 bits per heavy atom. The molecule has 1 aromatic carbocycles. The molecule has 0 bridgehead atoms. The maximum Gasteiger partial charge on any atom is 0.252 e. The number of thiocarbonyl (C=S) groups is 1. The van der Waals surface area contributed by atoms with Crippen LogP contribution in [0.2, 0.25) is 0 Å². The van der Waals surface area contributed by atoms with Crippen LogP contribution < -0.4 is 11.1 Å². The molecule has 0 atom stereocenters. The third-order valence-corrected chi connectivity index (χ3v) is 3.38. The minimum Gasteiger partial charge on any atom is -0.391 e. The molecule has 0 radical (unpaired) electrons. The first-order chi connectivity index (χ1) is 7.33. The Balaban J connectivity index is 2.81. The Morgan fingerprint density at radius 3 is 2.31 bits per heavy atom. The lowest BCUT2D eigenvalue weighted by molar-refractivity contribution is 0.0932. The SMILES string of the molecule is CC(C)(NC(=O)c1ccc(I)cc1)C(N)=S. The molecular weight excluding hydrogens is 335 g/mol. The fraction of sp³-hybridized carbons (Fsp3) is 0.273. The number of nitrogens with two attached hydrogens (primary N) is 1. The fourth-order valence-corrected chi connectivity index (χ4v) is 1.43. The van der Waals surface area contributed by atoms with Crippen LogP contribution in [-0.4, -0.2) is 16.4 Å². The smallest absolute Gasteiger partial charge is 0.252 e. The zero-order valence-electron chi connectivity index (χ0n) is 9.08. The van der Waals surface area contributed by atoms with Crippen molar-refractivity contribution in [1.29, 1.82) is 0 Å². The highest BCUT2D eigenvalue weighted by molar-refractivity contribution is 14.1. The molecule has 0 heterocycles. The van der Waals surface area contributed by atoms with Gasteiger partial charge in [0, 0.05) is 9.13 Å². The molecule has 1 amide bonds. The largest absolute Gasteiger partial charge is 0.391 e. The highest BCUT2D eigenvalue weighted by atomic mass is 127. The van der Waals surface area contributed by atoms with Crippen LogP contribution in [0.3, 0.4) is 0 Å². The summed E-state index contributed by atoms with van der Waals surface area (Å²) in [6.45, 7) is 3.56. The first kappa shape index (κ1) is 13.4. The summed E-state index contributed by atoms with van der Waals surface area (Å²) in [7, 11) is 0. The van der Waals surface area contributed by atoms with Gasteiger partial charge in [-0.25, -0.2) is 0 Å². The predicted octanol–water partition coefficient (Wildman–Crippen LogP) is 2.09. The zero-order chi connectivity index (χ0) is 12.3. The van der Waals surface area contributed by atoms with Crippen LogP contribution in [0.25, 0.3) is 0 Å². The summed E-state index contributed by atoms with van der Waals surface area (Å²) in [5.41, 5.74) is 5.47. The first-order valence-corrected chi connectivity index (χ1v) is 6.19. The molecule has 86 valence electrons. The number of hydrogen-bond donors (Lipinski definition) is 2. The van der Waals surface area contributed by atoms with Crippen molar-refractivity contribution >= 4 is 45.7 Å². The number of nitrogens with one attached hydrogen (secondary N) is 1. The fourth-order valence-electron chi connectivity index (χ4n) is 1.02. The molecule has 0 aliphatic carbocycles. The molecule has 0 saturated heterocycles. The molecule has 0 aliphatic rings. The maximum absolute atomic E-state index is 11.8. The minimum absolute atomic E-state index is 0.172. The molecular formula is C11H13IN2OS. The molecule has 3 N–H and O–H groups in total. The van der Waals surface area contributed by atoms with E-state index in [0.717, 1.165) is 3.57 Å². The Hall–Kier alpha value is -0.690. The summed E-state index contributed by atoms with van der Waals surface area (Å²) < 4.78 is 1.09. The monoisotopic (exact) mass is 348 g/mol. The Labute approximate surface area is 114 Å². The van der Waals surface area contributed by atoms with Crippen LogP contribution in [0.15, 0.2) is 24.3 Å². The number of rotatable bonds is 3. The second-order valence-electron chi connectivity index (χ2n) is 3.95. The standard InChI is InChI=1S/C11H13IN2OS/c1-11(2,10(13)16)14-9(15)7-3-5-8(12)6-4-7/h3-6H,1-2H3,(H2,13,16)(H,14,15). The Bertz CT molecular complexity index is 414. The van der Waals surface area contributed by atoms with Crippen molar-refractivity contribution in [2.75, 3.05) is 0 Å². The van der Waals surface area contributed by atoms with Crippen LogP contribution in [-0.2, 0) is 0 Å². The molecule has 1 aromatic rings. The van der Waals surface area contributed by atoms with Crippen molar-refractivity contribution < 1.29 is 4.79 Å². The molecule has 0 fully saturated rings. The van der Waals surface area contributed by atoms with Gasteiger partial charge in [-0.3, -0.25) is 4.79 Å². The van der Waals surface area contributed by atoms with Crippen molar-refractivity contribution in [3.63, 3.8) is 0 Å². The summed E-state index contributed by atoms with van der Waals surface area (Å²) in [6.07, 6.45) is 0. The van der Waals surface area contributed by atoms with Gasteiger partial charge in [-0.15, -0.1) is 0 Å². The maximum atomic E-state index is 11.8. The molecule has 0 aromatic heterocycles. The van der Waals surface area contributed by atoms with E-state index in [9.17, 15) is 4.79 Å². The highest BCUT2D eigenvalue weighted by Gasteiger charge is 2.23. The number of halogens is 1. The first-order valence-electron chi connectivity index (χ1n) is 4.71. The van der Waals surface area contributed by atoms with Crippen molar-refractivity contribution in [2.45, 2.75) is 19.4 Å². The summed E-state index contributed by atoms with van der Waals surface area (Å²) >= 11 is 7.07. The van der Waals surface area contributed by atoms with Crippen molar-refractivity contribution in [3.8, 4) is 0 Å². The van der Waals surface area contributed by atoms with E-state index in [1.54, 1.807) is 26.0 Å². The predicted molar refractivity (Wildman–Crippen MR) is 77.5 cm³/mol. The van der Waals surface area contributed by atoms with Crippen LogP contribution in [0.4, 0.5) is 0 Å². The minimum atomic E-state index is -0.671. The Kier molecular flexibility index (Phi) is 4.26. The molecule has 3 nitrogen and oxygen atoms in total. The van der Waals surface area contributed by atoms with Crippen LogP contribution in [0.1, 0.15) is 24.2 Å². The molecule has 0 aliphatic heterocycles. The summed E-state index contributed by atoms with van der Waals surface area (Å²) in [5, 5.41) is 2.78. The molecule has 16 heavy (non-hydrogen) atoms. The lowest BCUT2D eigenvalue weighted by Gasteiger charge is -2.24. The van der Waals surface area contributed by atoms with Gasteiger partial charge in [0.1, 0.15) is 0 Å². The van der Waals surface area contributed by atoms with Crippen LogP contribution in [0.5, 0.6) is 0 Å². The van der Waals surface area contributed by atoms with Gasteiger partial charge in [0.05, 0.1) is 10.5 Å². The van der Waals surface area contributed by atoms with E-state index in [1.807, 2.05) is 12.1 Å². The van der Waals surface area contributed by atoms with Gasteiger partial charge in [-0.1, -0.05) is 12.2 Å². The number of carbonyl (C=O) groups is 1. The topological polar surface area (TPSA) is 55.1 Å². The van der Waals surface area contributed by atoms with E-state index >= 15 is 0 Å². The summed E-state index contributed by atoms with van der Waals surface area (Å²) in [6, 6.07) is 7.30. The van der Waals surface area contributed by atoms with E-state index in [1.165, 1.54) is 0 Å². The van der Waals surface area contributed by atoms with Gasteiger partial charge in [0.25, 0.3) is 5.91 Å². The van der Waals surface area contributed by atoms with Gasteiger partial charge in [0.15, 0.2) is 0 Å². The third kappa shape index (κ3) is 3.41. The summed E-state index contributed by atoms with van der Waals surface area (Å²) in [5.74, 6) is -0.172. The molecule has 0 spiro atoms. The number of carbonyl (C=O) groups excluding carboxylic acids is 1. The second-order valence-corrected chi connectivity index (χ2v) is 5.64. The number of amides is 1. The zero-order valence-corrected chi connectivity index (χ0v) is 12.1. The normalized spacial score (nSPS) is 10.9. The molecule has 0 unspecified atom stereocenters. The van der Waals surface area contributed by atoms with Gasteiger partial charge in [0.2, 0.25) is 0 Å². The molecule has 1 rings (SSSR count). The molecule has 5 heteroatoms. The number of benzene rings is 1. The second kappa shape index (κ2) is 5.09. The number of hydrogen-bond acceptors (Lipinski definition) is 2. The van der Waals surface area contributed by atoms with E-state index in [-0.39, 0.29) is 10.9 Å². The van der Waals surface area contributed by atoms with E-state index in [4.69, 9.17) is 18.0 Å². The molecule has 0 saturated carbocycles. The van der Waals surface area contributed by atoms with E-state index in [2.05, 4.69) is 27.9 Å². The lowest BCUT2D eigenvalue weighted by Crippen LogP contribution is -2.52. The lowest BCUT2D eigenvalue weighted by atomic mass is 10.1. The van der Waals surface area contributed by atoms with E-state index < -0.39 is 5.54 Å². The average Bonchev–Trinajstić information content (AvgIpc) is 2.17. The van der Waals surface area contributed by atoms with Crippen LogP contribution in [0, 0.1) is 3.57 Å². The quantitative estimate of drug-likeness (QED) is 0.650. The van der Waals surface area contributed by atoms with Crippen LogP contribution >= 0.6 is 34.8 Å². The van der Waals surface area contributed by atoms with Gasteiger partial charge >= 0.3 is 0 Å². The van der Waals surface area contributed by atoms with Crippen molar-refractivity contribution in [2.24, 2.45) is 5.73 Å². The van der Waals surface area contributed by atoms with Gasteiger partial charge in [-0.2, -0.15) is 0 Å². The van der Waals surface area contributed by atoms with Gasteiger partial charge in [-0.05, 0) is 60.7 Å².